The Morgan fingerprint density at radius 1 is 1.16 bits per heavy atom. The Labute approximate surface area is 124 Å². The van der Waals surface area contributed by atoms with Crippen LogP contribution in [-0.4, -0.2) is 24.3 Å². The summed E-state index contributed by atoms with van der Waals surface area (Å²) in [5.74, 6) is 0.0940. The molecular formula is C15H23BrN2O. The molecule has 1 N–H and O–H groups in total. The molecule has 0 fully saturated rings. The third-order valence-electron chi connectivity index (χ3n) is 3.07. The minimum absolute atomic E-state index is 0.0940. The first-order chi connectivity index (χ1) is 9.21. The predicted molar refractivity (Wildman–Crippen MR) is 86.3 cm³/mol. The second kappa shape index (κ2) is 8.97. The number of benzene rings is 1. The van der Waals surface area contributed by atoms with Crippen molar-refractivity contribution in [3.8, 4) is 0 Å². The molecule has 1 aromatic rings. The van der Waals surface area contributed by atoms with Crippen molar-refractivity contribution < 1.29 is 4.79 Å². The Morgan fingerprint density at radius 2 is 1.79 bits per heavy atom. The van der Waals surface area contributed by atoms with E-state index in [2.05, 4.69) is 52.1 Å². The highest BCUT2D eigenvalue weighted by Crippen LogP contribution is 2.18. The summed E-state index contributed by atoms with van der Waals surface area (Å²) in [5.41, 5.74) is 2.07. The van der Waals surface area contributed by atoms with E-state index in [1.807, 2.05) is 12.1 Å². The van der Waals surface area contributed by atoms with E-state index in [0.29, 0.717) is 6.42 Å². The summed E-state index contributed by atoms with van der Waals surface area (Å²) < 4.78 is 0. The molecular weight excluding hydrogens is 304 g/mol. The van der Waals surface area contributed by atoms with Crippen molar-refractivity contribution >= 4 is 33.2 Å². The molecule has 0 aliphatic heterocycles. The fraction of sp³-hybridized carbons (Fsp3) is 0.533. The average molecular weight is 327 g/mol. The summed E-state index contributed by atoms with van der Waals surface area (Å²) in [4.78, 5) is 14.0. The van der Waals surface area contributed by atoms with E-state index in [0.717, 1.165) is 36.9 Å². The van der Waals surface area contributed by atoms with E-state index in [4.69, 9.17) is 0 Å². The van der Waals surface area contributed by atoms with Gasteiger partial charge in [-0.05, 0) is 51.0 Å². The maximum atomic E-state index is 11.7. The fourth-order valence-corrected chi connectivity index (χ4v) is 2.34. The number of nitrogens with one attached hydrogen (secondary N) is 1. The van der Waals surface area contributed by atoms with Gasteiger partial charge in [0.05, 0.1) is 0 Å². The van der Waals surface area contributed by atoms with Crippen LogP contribution in [0.1, 0.15) is 33.1 Å². The van der Waals surface area contributed by atoms with Gasteiger partial charge in [0.15, 0.2) is 0 Å². The smallest absolute Gasteiger partial charge is 0.224 e. The summed E-state index contributed by atoms with van der Waals surface area (Å²) in [6.45, 7) is 6.27. The molecule has 0 heterocycles. The SMILES string of the molecule is CCN(CC)c1ccc(NC(=O)CCCCBr)cc1. The van der Waals surface area contributed by atoms with Crippen LogP contribution in [0, 0.1) is 0 Å². The fourth-order valence-electron chi connectivity index (χ4n) is 1.95. The van der Waals surface area contributed by atoms with Crippen molar-refractivity contribution in [2.75, 3.05) is 28.6 Å². The van der Waals surface area contributed by atoms with Crippen molar-refractivity contribution in [1.29, 1.82) is 0 Å². The second-order valence-electron chi connectivity index (χ2n) is 4.41. The van der Waals surface area contributed by atoms with Crippen molar-refractivity contribution in [3.05, 3.63) is 24.3 Å². The molecule has 1 aromatic carbocycles. The lowest BCUT2D eigenvalue weighted by Crippen LogP contribution is -2.21. The molecule has 0 unspecified atom stereocenters. The van der Waals surface area contributed by atoms with Crippen molar-refractivity contribution in [1.82, 2.24) is 0 Å². The number of halogens is 1. The number of rotatable bonds is 8. The molecule has 0 aliphatic rings. The lowest BCUT2D eigenvalue weighted by atomic mass is 10.2. The van der Waals surface area contributed by atoms with Crippen LogP contribution in [0.4, 0.5) is 11.4 Å². The van der Waals surface area contributed by atoms with Gasteiger partial charge in [0.25, 0.3) is 0 Å². The van der Waals surface area contributed by atoms with Crippen LogP contribution in [0.3, 0.4) is 0 Å². The summed E-state index contributed by atoms with van der Waals surface area (Å²) in [6, 6.07) is 8.05. The molecule has 0 spiro atoms. The normalized spacial score (nSPS) is 10.3. The minimum atomic E-state index is 0.0940. The number of unbranched alkanes of at least 4 members (excludes halogenated alkanes) is 1. The third-order valence-corrected chi connectivity index (χ3v) is 3.63. The zero-order valence-electron chi connectivity index (χ0n) is 11.8. The quantitative estimate of drug-likeness (QED) is 0.577. The highest BCUT2D eigenvalue weighted by molar-refractivity contribution is 9.09. The van der Waals surface area contributed by atoms with E-state index < -0.39 is 0 Å². The molecule has 0 bridgehead atoms. The monoisotopic (exact) mass is 326 g/mol. The summed E-state index contributed by atoms with van der Waals surface area (Å²) in [7, 11) is 0. The molecule has 0 saturated carbocycles. The van der Waals surface area contributed by atoms with Crippen molar-refractivity contribution in [3.63, 3.8) is 0 Å². The molecule has 1 amide bonds. The van der Waals surface area contributed by atoms with E-state index in [9.17, 15) is 4.79 Å². The van der Waals surface area contributed by atoms with Crippen molar-refractivity contribution in [2.24, 2.45) is 0 Å². The number of nitrogens with zero attached hydrogens (tertiary/aromatic N) is 1. The van der Waals surface area contributed by atoms with Gasteiger partial charge >= 0.3 is 0 Å². The molecule has 0 radical (unpaired) electrons. The van der Waals surface area contributed by atoms with Gasteiger partial charge in [0.2, 0.25) is 5.91 Å². The van der Waals surface area contributed by atoms with Gasteiger partial charge in [-0.25, -0.2) is 0 Å². The number of hydrogen-bond donors (Lipinski definition) is 1. The molecule has 0 atom stereocenters. The zero-order chi connectivity index (χ0) is 14.1. The largest absolute Gasteiger partial charge is 0.372 e. The summed E-state index contributed by atoms with van der Waals surface area (Å²) in [5, 5.41) is 3.89. The molecule has 0 aliphatic carbocycles. The zero-order valence-corrected chi connectivity index (χ0v) is 13.4. The van der Waals surface area contributed by atoms with Gasteiger partial charge in [0, 0.05) is 36.2 Å². The standard InChI is InChI=1S/C15H23BrN2O/c1-3-18(4-2)14-10-8-13(9-11-14)17-15(19)7-5-6-12-16/h8-11H,3-7,12H2,1-2H3,(H,17,19). The predicted octanol–water partition coefficient (Wildman–Crippen LogP) is 4.04. The number of alkyl halides is 1. The van der Waals surface area contributed by atoms with E-state index >= 15 is 0 Å². The van der Waals surface area contributed by atoms with E-state index in [1.165, 1.54) is 5.69 Å². The highest BCUT2D eigenvalue weighted by Gasteiger charge is 2.04. The highest BCUT2D eigenvalue weighted by atomic mass is 79.9. The Kier molecular flexibility index (Phi) is 7.56. The maximum absolute atomic E-state index is 11.7. The van der Waals surface area contributed by atoms with Gasteiger partial charge in [-0.15, -0.1) is 0 Å². The Hall–Kier alpha value is -1.03. The Morgan fingerprint density at radius 3 is 2.32 bits per heavy atom. The van der Waals surface area contributed by atoms with Crippen LogP contribution >= 0.6 is 15.9 Å². The van der Waals surface area contributed by atoms with Crippen LogP contribution < -0.4 is 10.2 Å². The first kappa shape index (κ1) is 16.0. The summed E-state index contributed by atoms with van der Waals surface area (Å²) >= 11 is 3.37. The maximum Gasteiger partial charge on any atom is 0.224 e. The van der Waals surface area contributed by atoms with Crippen LogP contribution in [0.15, 0.2) is 24.3 Å². The van der Waals surface area contributed by atoms with Gasteiger partial charge in [-0.2, -0.15) is 0 Å². The van der Waals surface area contributed by atoms with Gasteiger partial charge in [0.1, 0.15) is 0 Å². The topological polar surface area (TPSA) is 32.3 Å². The molecule has 19 heavy (non-hydrogen) atoms. The van der Waals surface area contributed by atoms with Crippen molar-refractivity contribution in [2.45, 2.75) is 33.1 Å². The first-order valence-corrected chi connectivity index (χ1v) is 8.04. The van der Waals surface area contributed by atoms with E-state index in [-0.39, 0.29) is 5.91 Å². The van der Waals surface area contributed by atoms with Gasteiger partial charge in [-0.1, -0.05) is 15.9 Å². The van der Waals surface area contributed by atoms with Crippen LogP contribution in [-0.2, 0) is 4.79 Å². The van der Waals surface area contributed by atoms with Crippen LogP contribution in [0.2, 0.25) is 0 Å². The first-order valence-electron chi connectivity index (χ1n) is 6.92. The number of carbonyl (C=O) groups excluding carboxylic acids is 1. The lowest BCUT2D eigenvalue weighted by molar-refractivity contribution is -0.116. The number of amides is 1. The molecule has 106 valence electrons. The molecule has 0 saturated heterocycles. The third kappa shape index (κ3) is 5.64. The molecule has 3 nitrogen and oxygen atoms in total. The number of anilines is 2. The minimum Gasteiger partial charge on any atom is -0.372 e. The lowest BCUT2D eigenvalue weighted by Gasteiger charge is -2.21. The van der Waals surface area contributed by atoms with Gasteiger partial charge in [-0.3, -0.25) is 4.79 Å². The Bertz CT molecular complexity index is 374. The second-order valence-corrected chi connectivity index (χ2v) is 5.21. The Balaban J connectivity index is 2.50. The summed E-state index contributed by atoms with van der Waals surface area (Å²) in [6.07, 6.45) is 2.55. The number of hydrogen-bond acceptors (Lipinski definition) is 2. The van der Waals surface area contributed by atoms with E-state index in [1.54, 1.807) is 0 Å². The van der Waals surface area contributed by atoms with Crippen LogP contribution in [0.5, 0.6) is 0 Å². The number of carbonyl (C=O) groups is 1. The van der Waals surface area contributed by atoms with Gasteiger partial charge < -0.3 is 10.2 Å². The van der Waals surface area contributed by atoms with Crippen LogP contribution in [0.25, 0.3) is 0 Å². The average Bonchev–Trinajstić information content (AvgIpc) is 2.42. The molecule has 1 rings (SSSR count). The molecule has 0 aromatic heterocycles. The molecule has 4 heteroatoms.